The van der Waals surface area contributed by atoms with Crippen molar-refractivity contribution in [2.24, 2.45) is 0 Å². The predicted molar refractivity (Wildman–Crippen MR) is 76.5 cm³/mol. The van der Waals surface area contributed by atoms with Crippen molar-refractivity contribution in [2.45, 2.75) is 18.9 Å². The van der Waals surface area contributed by atoms with Gasteiger partial charge in [0.2, 0.25) is 5.91 Å². The molecule has 5 heteroatoms. The molecule has 0 aliphatic carbocycles. The molecule has 1 amide bonds. The fourth-order valence-corrected chi connectivity index (χ4v) is 2.06. The Bertz CT molecular complexity index is 568. The number of nitrogens with one attached hydrogen (secondary N) is 1. The van der Waals surface area contributed by atoms with Gasteiger partial charge in [0, 0.05) is 5.02 Å². The first kappa shape index (κ1) is 14.6. The SMILES string of the molecule is C[C@H](C(=O)NC[C@@H](O)c1ccco1)c1cccc(Cl)c1. The summed E-state index contributed by atoms with van der Waals surface area (Å²) in [6.45, 7) is 1.90. The van der Waals surface area contributed by atoms with E-state index in [1.54, 1.807) is 37.3 Å². The van der Waals surface area contributed by atoms with Crippen molar-refractivity contribution < 1.29 is 14.3 Å². The lowest BCUT2D eigenvalue weighted by atomic mass is 10.0. The number of aliphatic hydroxyl groups excluding tert-OH is 1. The van der Waals surface area contributed by atoms with Crippen molar-refractivity contribution in [2.75, 3.05) is 6.54 Å². The highest BCUT2D eigenvalue weighted by Gasteiger charge is 2.17. The average molecular weight is 294 g/mol. The van der Waals surface area contributed by atoms with Crippen LogP contribution in [0.4, 0.5) is 0 Å². The Balaban J connectivity index is 1.91. The molecule has 2 N–H and O–H groups in total. The minimum atomic E-state index is -0.847. The van der Waals surface area contributed by atoms with E-state index in [0.29, 0.717) is 10.8 Å². The number of furan rings is 1. The molecule has 20 heavy (non-hydrogen) atoms. The van der Waals surface area contributed by atoms with Gasteiger partial charge in [-0.2, -0.15) is 0 Å². The highest BCUT2D eigenvalue weighted by Crippen LogP contribution is 2.20. The second-order valence-corrected chi connectivity index (χ2v) is 4.99. The third-order valence-corrected chi connectivity index (χ3v) is 3.32. The summed E-state index contributed by atoms with van der Waals surface area (Å²) >= 11 is 5.90. The lowest BCUT2D eigenvalue weighted by Crippen LogP contribution is -2.31. The lowest BCUT2D eigenvalue weighted by molar-refractivity contribution is -0.122. The summed E-state index contributed by atoms with van der Waals surface area (Å²) in [7, 11) is 0. The number of carbonyl (C=O) groups is 1. The monoisotopic (exact) mass is 293 g/mol. The highest BCUT2D eigenvalue weighted by molar-refractivity contribution is 6.30. The van der Waals surface area contributed by atoms with E-state index < -0.39 is 6.10 Å². The van der Waals surface area contributed by atoms with Crippen LogP contribution in [0.25, 0.3) is 0 Å². The summed E-state index contributed by atoms with van der Waals surface area (Å²) in [5.74, 6) is -0.0731. The van der Waals surface area contributed by atoms with E-state index in [-0.39, 0.29) is 18.4 Å². The largest absolute Gasteiger partial charge is 0.467 e. The van der Waals surface area contributed by atoms with Crippen molar-refractivity contribution in [3.63, 3.8) is 0 Å². The second-order valence-electron chi connectivity index (χ2n) is 4.55. The minimum Gasteiger partial charge on any atom is -0.467 e. The maximum atomic E-state index is 12.0. The third-order valence-electron chi connectivity index (χ3n) is 3.08. The zero-order chi connectivity index (χ0) is 14.5. The predicted octanol–water partition coefficient (Wildman–Crippen LogP) is 2.89. The number of benzene rings is 1. The Labute approximate surface area is 122 Å². The first-order chi connectivity index (χ1) is 9.58. The molecular formula is C15H16ClNO3. The molecule has 0 aliphatic rings. The topological polar surface area (TPSA) is 62.5 Å². The first-order valence-electron chi connectivity index (χ1n) is 6.32. The Hall–Kier alpha value is -1.78. The molecule has 2 rings (SSSR count). The van der Waals surface area contributed by atoms with Gasteiger partial charge in [0.15, 0.2) is 0 Å². The van der Waals surface area contributed by atoms with E-state index in [1.165, 1.54) is 6.26 Å². The summed E-state index contributed by atoms with van der Waals surface area (Å²) in [4.78, 5) is 12.0. The molecular weight excluding hydrogens is 278 g/mol. The molecule has 0 aliphatic heterocycles. The summed E-state index contributed by atoms with van der Waals surface area (Å²) in [5.41, 5.74) is 0.836. The van der Waals surface area contributed by atoms with Crippen LogP contribution in [0.15, 0.2) is 47.1 Å². The zero-order valence-electron chi connectivity index (χ0n) is 11.0. The molecule has 0 saturated heterocycles. The normalized spacial score (nSPS) is 13.8. The van der Waals surface area contributed by atoms with E-state index >= 15 is 0 Å². The number of halogens is 1. The Morgan fingerprint density at radius 1 is 1.40 bits per heavy atom. The first-order valence-corrected chi connectivity index (χ1v) is 6.70. The van der Waals surface area contributed by atoms with Gasteiger partial charge < -0.3 is 14.8 Å². The van der Waals surface area contributed by atoms with E-state index in [9.17, 15) is 9.90 Å². The van der Waals surface area contributed by atoms with Crippen molar-refractivity contribution in [1.29, 1.82) is 0 Å². The molecule has 0 spiro atoms. The van der Waals surface area contributed by atoms with Crippen molar-refractivity contribution in [1.82, 2.24) is 5.32 Å². The molecule has 0 bridgehead atoms. The number of carbonyl (C=O) groups excluding carboxylic acids is 1. The summed E-state index contributed by atoms with van der Waals surface area (Å²) in [6, 6.07) is 10.5. The number of hydrogen-bond acceptors (Lipinski definition) is 3. The summed E-state index contributed by atoms with van der Waals surface area (Å²) in [5, 5.41) is 13.1. The van der Waals surface area contributed by atoms with Crippen LogP contribution in [-0.2, 0) is 4.79 Å². The Kier molecular flexibility index (Phi) is 4.82. The molecule has 2 atom stereocenters. The average Bonchev–Trinajstić information content (AvgIpc) is 2.97. The van der Waals surface area contributed by atoms with Gasteiger partial charge in [0.25, 0.3) is 0 Å². The van der Waals surface area contributed by atoms with E-state index in [0.717, 1.165) is 5.56 Å². The van der Waals surface area contributed by atoms with Crippen LogP contribution in [0.3, 0.4) is 0 Å². The zero-order valence-corrected chi connectivity index (χ0v) is 11.8. The van der Waals surface area contributed by atoms with Gasteiger partial charge in [0.05, 0.1) is 18.7 Å². The van der Waals surface area contributed by atoms with E-state index in [4.69, 9.17) is 16.0 Å². The second kappa shape index (κ2) is 6.59. The van der Waals surface area contributed by atoms with Gasteiger partial charge in [0.1, 0.15) is 11.9 Å². The van der Waals surface area contributed by atoms with Crippen LogP contribution in [0, 0.1) is 0 Å². The van der Waals surface area contributed by atoms with Crippen LogP contribution in [0.2, 0.25) is 5.02 Å². The quantitative estimate of drug-likeness (QED) is 0.891. The van der Waals surface area contributed by atoms with Gasteiger partial charge in [-0.15, -0.1) is 0 Å². The van der Waals surface area contributed by atoms with E-state index in [1.807, 2.05) is 6.07 Å². The lowest BCUT2D eigenvalue weighted by Gasteiger charge is -2.14. The number of amides is 1. The molecule has 0 saturated carbocycles. The Morgan fingerprint density at radius 2 is 2.20 bits per heavy atom. The smallest absolute Gasteiger partial charge is 0.227 e. The Morgan fingerprint density at radius 3 is 2.85 bits per heavy atom. The van der Waals surface area contributed by atoms with Crippen LogP contribution >= 0.6 is 11.6 Å². The maximum absolute atomic E-state index is 12.0. The molecule has 4 nitrogen and oxygen atoms in total. The molecule has 1 heterocycles. The van der Waals surface area contributed by atoms with Crippen molar-refractivity contribution in [3.05, 3.63) is 59.0 Å². The molecule has 0 fully saturated rings. The minimum absolute atomic E-state index is 0.108. The number of rotatable bonds is 5. The van der Waals surface area contributed by atoms with Crippen molar-refractivity contribution >= 4 is 17.5 Å². The fourth-order valence-electron chi connectivity index (χ4n) is 1.86. The molecule has 106 valence electrons. The summed E-state index contributed by atoms with van der Waals surface area (Å²) < 4.78 is 5.07. The maximum Gasteiger partial charge on any atom is 0.227 e. The standard InChI is InChI=1S/C15H16ClNO3/c1-10(11-4-2-5-12(16)8-11)15(19)17-9-13(18)14-6-3-7-20-14/h2-8,10,13,18H,9H2,1H3,(H,17,19)/t10-,13+/m0/s1. The van der Waals surface area contributed by atoms with Crippen LogP contribution in [-0.4, -0.2) is 17.6 Å². The molecule has 1 aromatic carbocycles. The molecule has 1 aromatic heterocycles. The highest BCUT2D eigenvalue weighted by atomic mass is 35.5. The number of hydrogen-bond donors (Lipinski definition) is 2. The summed E-state index contributed by atoms with van der Waals surface area (Å²) in [6.07, 6.45) is 0.634. The van der Waals surface area contributed by atoms with Gasteiger partial charge in [-0.25, -0.2) is 0 Å². The van der Waals surface area contributed by atoms with Crippen molar-refractivity contribution in [3.8, 4) is 0 Å². The molecule has 0 radical (unpaired) electrons. The molecule has 2 aromatic rings. The van der Waals surface area contributed by atoms with Gasteiger partial charge in [-0.1, -0.05) is 23.7 Å². The molecule has 0 unspecified atom stereocenters. The number of aliphatic hydroxyl groups is 1. The third kappa shape index (κ3) is 3.62. The van der Waals surface area contributed by atoms with Crippen LogP contribution in [0.5, 0.6) is 0 Å². The van der Waals surface area contributed by atoms with Gasteiger partial charge in [-0.05, 0) is 36.8 Å². The van der Waals surface area contributed by atoms with Crippen LogP contribution in [0.1, 0.15) is 30.3 Å². The van der Waals surface area contributed by atoms with Gasteiger partial charge >= 0.3 is 0 Å². The van der Waals surface area contributed by atoms with Crippen LogP contribution < -0.4 is 5.32 Å². The van der Waals surface area contributed by atoms with Gasteiger partial charge in [-0.3, -0.25) is 4.79 Å². The fraction of sp³-hybridized carbons (Fsp3) is 0.267. The van der Waals surface area contributed by atoms with E-state index in [2.05, 4.69) is 5.32 Å².